The average molecular weight is 484 g/mol. The van der Waals surface area contributed by atoms with E-state index in [1.807, 2.05) is 19.9 Å². The quantitative estimate of drug-likeness (QED) is 0.701. The van der Waals surface area contributed by atoms with Gasteiger partial charge in [0.2, 0.25) is 15.9 Å². The monoisotopic (exact) mass is 483 g/mol. The van der Waals surface area contributed by atoms with Gasteiger partial charge in [0.05, 0.1) is 22.7 Å². The Morgan fingerprint density at radius 3 is 2.06 bits per heavy atom. The molecule has 180 valence electrons. The fourth-order valence-electron chi connectivity index (χ4n) is 4.06. The zero-order valence-electron chi connectivity index (χ0n) is 19.1. The topological polar surface area (TPSA) is 69.7 Å². The van der Waals surface area contributed by atoms with E-state index < -0.39 is 27.7 Å². The van der Waals surface area contributed by atoms with Crippen molar-refractivity contribution in [3.63, 3.8) is 0 Å². The molecule has 2 aromatic carbocycles. The molecule has 1 aliphatic heterocycles. The Kier molecular flexibility index (Phi) is 7.21. The summed E-state index contributed by atoms with van der Waals surface area (Å²) >= 11 is 0. The highest BCUT2D eigenvalue weighted by atomic mass is 32.2. The van der Waals surface area contributed by atoms with Crippen LogP contribution in [0.15, 0.2) is 35.2 Å². The van der Waals surface area contributed by atoms with Crippen LogP contribution in [0.5, 0.6) is 0 Å². The summed E-state index contributed by atoms with van der Waals surface area (Å²) in [6.07, 6.45) is -4.58. The van der Waals surface area contributed by atoms with Crippen molar-refractivity contribution in [2.45, 2.75) is 38.8 Å². The minimum Gasteiger partial charge on any atom is -0.324 e. The summed E-state index contributed by atoms with van der Waals surface area (Å²) in [5.41, 5.74) is 2.06. The van der Waals surface area contributed by atoms with Crippen LogP contribution in [0.1, 0.15) is 27.8 Å². The maximum absolute atomic E-state index is 13.4. The van der Waals surface area contributed by atoms with Gasteiger partial charge in [0, 0.05) is 26.2 Å². The molecule has 3 rings (SSSR count). The molecule has 0 radical (unpaired) electrons. The van der Waals surface area contributed by atoms with Crippen molar-refractivity contribution in [2.75, 3.05) is 38.0 Å². The lowest BCUT2D eigenvalue weighted by molar-refractivity contribution is -0.137. The van der Waals surface area contributed by atoms with Crippen LogP contribution in [0, 0.1) is 27.7 Å². The van der Waals surface area contributed by atoms with E-state index in [1.165, 1.54) is 22.5 Å². The van der Waals surface area contributed by atoms with Crippen LogP contribution >= 0.6 is 0 Å². The summed E-state index contributed by atoms with van der Waals surface area (Å²) in [4.78, 5) is 14.4. The molecule has 0 unspecified atom stereocenters. The van der Waals surface area contributed by atoms with E-state index in [1.54, 1.807) is 18.7 Å². The third-order valence-electron chi connectivity index (χ3n) is 6.10. The maximum Gasteiger partial charge on any atom is 0.418 e. The number of hydrogen-bond donors (Lipinski definition) is 1. The number of hydrogen-bond acceptors (Lipinski definition) is 4. The number of carbonyl (C=O) groups excluding carboxylic acids is 1. The molecule has 1 saturated heterocycles. The molecule has 0 saturated carbocycles. The second-order valence-corrected chi connectivity index (χ2v) is 10.2. The first-order valence-electron chi connectivity index (χ1n) is 10.6. The Balaban J connectivity index is 1.66. The van der Waals surface area contributed by atoms with Gasteiger partial charge in [-0.1, -0.05) is 18.2 Å². The number of halogens is 3. The second-order valence-electron chi connectivity index (χ2n) is 8.36. The lowest BCUT2D eigenvalue weighted by Crippen LogP contribution is -2.50. The van der Waals surface area contributed by atoms with Crippen LogP contribution < -0.4 is 5.32 Å². The smallest absolute Gasteiger partial charge is 0.324 e. The van der Waals surface area contributed by atoms with Crippen molar-refractivity contribution >= 4 is 21.6 Å². The molecule has 0 bridgehead atoms. The number of alkyl halides is 3. The van der Waals surface area contributed by atoms with Crippen molar-refractivity contribution in [3.8, 4) is 0 Å². The van der Waals surface area contributed by atoms with Crippen LogP contribution in [-0.2, 0) is 21.0 Å². The maximum atomic E-state index is 13.4. The van der Waals surface area contributed by atoms with Crippen molar-refractivity contribution in [3.05, 3.63) is 58.1 Å². The van der Waals surface area contributed by atoms with Gasteiger partial charge in [-0.2, -0.15) is 17.5 Å². The van der Waals surface area contributed by atoms with Gasteiger partial charge in [-0.25, -0.2) is 8.42 Å². The first kappa shape index (κ1) is 25.2. The zero-order valence-corrected chi connectivity index (χ0v) is 19.9. The number of benzene rings is 2. The van der Waals surface area contributed by atoms with E-state index in [0.717, 1.165) is 28.3 Å². The Morgan fingerprint density at radius 1 is 0.970 bits per heavy atom. The second kappa shape index (κ2) is 9.44. The summed E-state index contributed by atoms with van der Waals surface area (Å²) in [5, 5.41) is 2.33. The normalized spacial score (nSPS) is 16.1. The fourth-order valence-corrected chi connectivity index (χ4v) is 6.05. The number of anilines is 1. The number of nitrogens with one attached hydrogen (secondary N) is 1. The first-order chi connectivity index (χ1) is 15.3. The molecular weight excluding hydrogens is 455 g/mol. The molecule has 1 aliphatic rings. The van der Waals surface area contributed by atoms with Crippen molar-refractivity contribution < 1.29 is 26.4 Å². The SMILES string of the molecule is Cc1cc(C)c(C)c(S(=O)(=O)N2CCN(CC(=O)Nc3ccccc3C(F)(F)F)CC2)c1C. The Bertz CT molecular complexity index is 1130. The minimum atomic E-state index is -4.58. The molecule has 6 nitrogen and oxygen atoms in total. The molecule has 10 heteroatoms. The van der Waals surface area contributed by atoms with Gasteiger partial charge in [0.15, 0.2) is 0 Å². The number of aryl methyl sites for hydroxylation is 2. The molecule has 1 N–H and O–H groups in total. The van der Waals surface area contributed by atoms with Crippen LogP contribution in [0.25, 0.3) is 0 Å². The van der Waals surface area contributed by atoms with Crippen LogP contribution in [0.4, 0.5) is 18.9 Å². The highest BCUT2D eigenvalue weighted by Gasteiger charge is 2.34. The molecular formula is C23H28F3N3O3S. The molecule has 1 fully saturated rings. The number of sulfonamides is 1. The Labute approximate surface area is 192 Å². The number of amides is 1. The summed E-state index contributed by atoms with van der Waals surface area (Å²) in [6.45, 7) is 8.24. The van der Waals surface area contributed by atoms with Crippen molar-refractivity contribution in [2.24, 2.45) is 0 Å². The van der Waals surface area contributed by atoms with E-state index in [9.17, 15) is 26.4 Å². The third-order valence-corrected chi connectivity index (χ3v) is 8.27. The van der Waals surface area contributed by atoms with E-state index in [4.69, 9.17) is 0 Å². The summed E-state index contributed by atoms with van der Waals surface area (Å²) in [7, 11) is -3.71. The molecule has 0 atom stereocenters. The van der Waals surface area contributed by atoms with Gasteiger partial charge in [0.25, 0.3) is 0 Å². The third kappa shape index (κ3) is 5.39. The van der Waals surface area contributed by atoms with Crippen molar-refractivity contribution in [1.29, 1.82) is 0 Å². The minimum absolute atomic E-state index is 0.123. The van der Waals surface area contributed by atoms with Gasteiger partial charge in [-0.15, -0.1) is 0 Å². The number of rotatable bonds is 5. The van der Waals surface area contributed by atoms with Gasteiger partial charge < -0.3 is 5.32 Å². The largest absolute Gasteiger partial charge is 0.418 e. The lowest BCUT2D eigenvalue weighted by Gasteiger charge is -2.34. The highest BCUT2D eigenvalue weighted by Crippen LogP contribution is 2.34. The molecule has 33 heavy (non-hydrogen) atoms. The molecule has 0 aromatic heterocycles. The van der Waals surface area contributed by atoms with Gasteiger partial charge >= 0.3 is 6.18 Å². The number of para-hydroxylation sites is 1. The predicted octanol–water partition coefficient (Wildman–Crippen LogP) is 3.88. The standard InChI is InChI=1S/C23H28F3N3O3S/c1-15-13-16(2)18(4)22(17(15)3)33(31,32)29-11-9-28(10-12-29)14-21(30)27-20-8-6-5-7-19(20)23(24,25)26/h5-8,13H,9-12,14H2,1-4H3,(H,27,30). The Morgan fingerprint density at radius 2 is 1.52 bits per heavy atom. The van der Waals surface area contributed by atoms with Crippen LogP contribution in [0.3, 0.4) is 0 Å². The summed E-state index contributed by atoms with van der Waals surface area (Å²) in [5.74, 6) is -0.580. The fraction of sp³-hybridized carbons (Fsp3) is 0.435. The number of carbonyl (C=O) groups is 1. The Hall–Kier alpha value is -2.43. The van der Waals surface area contributed by atoms with E-state index in [-0.39, 0.29) is 25.3 Å². The van der Waals surface area contributed by atoms with Crippen LogP contribution in [0.2, 0.25) is 0 Å². The zero-order chi connectivity index (χ0) is 24.6. The molecule has 0 aliphatic carbocycles. The average Bonchev–Trinajstić information content (AvgIpc) is 2.72. The molecule has 0 spiro atoms. The van der Waals surface area contributed by atoms with Gasteiger partial charge in [0.1, 0.15) is 0 Å². The number of nitrogens with zero attached hydrogens (tertiary/aromatic N) is 2. The molecule has 2 aromatic rings. The van der Waals surface area contributed by atoms with Gasteiger partial charge in [-0.05, 0) is 62.1 Å². The predicted molar refractivity (Wildman–Crippen MR) is 121 cm³/mol. The first-order valence-corrected chi connectivity index (χ1v) is 12.0. The van der Waals surface area contributed by atoms with E-state index in [2.05, 4.69) is 5.32 Å². The van der Waals surface area contributed by atoms with Crippen molar-refractivity contribution in [1.82, 2.24) is 9.21 Å². The van der Waals surface area contributed by atoms with Crippen LogP contribution in [-0.4, -0.2) is 56.3 Å². The lowest BCUT2D eigenvalue weighted by atomic mass is 10.0. The summed E-state index contributed by atoms with van der Waals surface area (Å²) in [6, 6.07) is 6.77. The number of piperazine rings is 1. The summed E-state index contributed by atoms with van der Waals surface area (Å²) < 4.78 is 67.5. The van der Waals surface area contributed by atoms with Gasteiger partial charge in [-0.3, -0.25) is 9.69 Å². The van der Waals surface area contributed by atoms with E-state index in [0.29, 0.717) is 18.0 Å². The van der Waals surface area contributed by atoms with E-state index >= 15 is 0 Å². The molecule has 1 amide bonds. The molecule has 1 heterocycles. The highest BCUT2D eigenvalue weighted by molar-refractivity contribution is 7.89.